The molecule has 19 heavy (non-hydrogen) atoms. The number of aromatic amines is 2. The normalized spacial score (nSPS) is 10.5. The van der Waals surface area contributed by atoms with Gasteiger partial charge in [0.2, 0.25) is 0 Å². The first-order chi connectivity index (χ1) is 9.04. The number of anilines is 1. The third kappa shape index (κ3) is 3.48. The van der Waals surface area contributed by atoms with E-state index in [0.29, 0.717) is 5.69 Å². The van der Waals surface area contributed by atoms with Crippen molar-refractivity contribution in [2.45, 2.75) is 20.0 Å². The van der Waals surface area contributed by atoms with Crippen LogP contribution >= 0.6 is 0 Å². The molecule has 1 heterocycles. The lowest BCUT2D eigenvalue weighted by atomic mass is 10.3. The average molecular weight is 261 g/mol. The number of aromatic nitrogens is 2. The first kappa shape index (κ1) is 12.9. The number of nitrogens with one attached hydrogen (secondary N) is 3. The largest absolute Gasteiger partial charge is 0.491 e. The maximum absolute atomic E-state index is 11.8. The zero-order valence-electron chi connectivity index (χ0n) is 10.7. The van der Waals surface area contributed by atoms with Gasteiger partial charge in [0.25, 0.3) is 11.5 Å². The fraction of sp³-hybridized carbons (Fsp3) is 0.231. The molecule has 0 atom stereocenters. The van der Waals surface area contributed by atoms with Crippen molar-refractivity contribution in [2.24, 2.45) is 0 Å². The van der Waals surface area contributed by atoms with Crippen LogP contribution in [0.15, 0.2) is 35.1 Å². The topological polar surface area (TPSA) is 87.0 Å². The van der Waals surface area contributed by atoms with Gasteiger partial charge < -0.3 is 10.1 Å². The van der Waals surface area contributed by atoms with Crippen LogP contribution in [0.3, 0.4) is 0 Å². The Morgan fingerprint density at radius 3 is 2.42 bits per heavy atom. The van der Waals surface area contributed by atoms with E-state index in [-0.39, 0.29) is 23.3 Å². The second-order valence-electron chi connectivity index (χ2n) is 4.32. The van der Waals surface area contributed by atoms with Crippen molar-refractivity contribution in [3.05, 3.63) is 46.4 Å². The fourth-order valence-corrected chi connectivity index (χ4v) is 1.54. The minimum atomic E-state index is -0.379. The van der Waals surface area contributed by atoms with Gasteiger partial charge in [-0.1, -0.05) is 0 Å². The second-order valence-corrected chi connectivity index (χ2v) is 4.32. The minimum absolute atomic E-state index is 0.102. The summed E-state index contributed by atoms with van der Waals surface area (Å²) in [4.78, 5) is 22.7. The van der Waals surface area contributed by atoms with E-state index in [1.54, 1.807) is 24.3 Å². The highest BCUT2D eigenvalue weighted by molar-refractivity contribution is 6.02. The Kier molecular flexibility index (Phi) is 3.70. The number of rotatable bonds is 4. The van der Waals surface area contributed by atoms with Gasteiger partial charge in [-0.3, -0.25) is 19.8 Å². The number of carbonyl (C=O) groups is 1. The van der Waals surface area contributed by atoms with Crippen molar-refractivity contribution >= 4 is 11.6 Å². The first-order valence-corrected chi connectivity index (χ1v) is 5.90. The van der Waals surface area contributed by atoms with Crippen molar-refractivity contribution in [2.75, 3.05) is 5.32 Å². The Morgan fingerprint density at radius 1 is 1.21 bits per heavy atom. The molecule has 0 spiro atoms. The second kappa shape index (κ2) is 5.43. The maximum Gasteiger partial charge on any atom is 0.273 e. The maximum atomic E-state index is 11.8. The number of hydrogen-bond acceptors (Lipinski definition) is 3. The molecule has 100 valence electrons. The van der Waals surface area contributed by atoms with Crippen LogP contribution in [0.4, 0.5) is 5.69 Å². The molecular weight excluding hydrogens is 246 g/mol. The zero-order chi connectivity index (χ0) is 13.8. The van der Waals surface area contributed by atoms with Crippen LogP contribution in [0.25, 0.3) is 0 Å². The molecule has 2 aromatic rings. The van der Waals surface area contributed by atoms with Crippen LogP contribution in [0, 0.1) is 0 Å². The summed E-state index contributed by atoms with van der Waals surface area (Å²) < 4.78 is 5.50. The standard InChI is InChI=1S/C13H15N3O3/c1-8(2)19-10-5-3-9(4-6-10)14-13(18)11-7-12(17)16-15-11/h3-8H,1-2H3,(H,14,18)(H2,15,16,17). The highest BCUT2D eigenvalue weighted by Gasteiger charge is 2.08. The lowest BCUT2D eigenvalue weighted by Crippen LogP contribution is -2.12. The SMILES string of the molecule is CC(C)Oc1ccc(NC(=O)c2cc(=O)[nH][nH]2)cc1. The predicted molar refractivity (Wildman–Crippen MR) is 71.6 cm³/mol. The van der Waals surface area contributed by atoms with E-state index >= 15 is 0 Å². The summed E-state index contributed by atoms with van der Waals surface area (Å²) >= 11 is 0. The summed E-state index contributed by atoms with van der Waals surface area (Å²) in [6.45, 7) is 3.88. The molecule has 0 fully saturated rings. The summed E-state index contributed by atoms with van der Waals surface area (Å²) in [5.41, 5.74) is 0.474. The van der Waals surface area contributed by atoms with Gasteiger partial charge in [0, 0.05) is 11.8 Å². The predicted octanol–water partition coefficient (Wildman–Crippen LogP) is 1.74. The van der Waals surface area contributed by atoms with E-state index in [1.807, 2.05) is 13.8 Å². The monoisotopic (exact) mass is 261 g/mol. The van der Waals surface area contributed by atoms with Crippen LogP contribution < -0.4 is 15.6 Å². The van der Waals surface area contributed by atoms with Crippen LogP contribution in [-0.2, 0) is 0 Å². The molecule has 6 heteroatoms. The molecule has 1 amide bonds. The van der Waals surface area contributed by atoms with E-state index in [4.69, 9.17) is 4.74 Å². The van der Waals surface area contributed by atoms with Crippen molar-refractivity contribution in [3.8, 4) is 5.75 Å². The number of H-pyrrole nitrogens is 2. The molecule has 0 saturated heterocycles. The van der Waals surface area contributed by atoms with Crippen LogP contribution in [0.1, 0.15) is 24.3 Å². The van der Waals surface area contributed by atoms with Gasteiger partial charge in [-0.05, 0) is 38.1 Å². The van der Waals surface area contributed by atoms with Crippen LogP contribution in [0.5, 0.6) is 5.75 Å². The van der Waals surface area contributed by atoms with Gasteiger partial charge in [0.05, 0.1) is 6.10 Å². The molecule has 0 aliphatic rings. The molecule has 2 rings (SSSR count). The van der Waals surface area contributed by atoms with Crippen molar-refractivity contribution in [1.29, 1.82) is 0 Å². The van der Waals surface area contributed by atoms with Crippen molar-refractivity contribution in [3.63, 3.8) is 0 Å². The molecule has 6 nitrogen and oxygen atoms in total. The number of ether oxygens (including phenoxy) is 1. The summed E-state index contributed by atoms with van der Waals surface area (Å²) in [6.07, 6.45) is 0.102. The van der Waals surface area contributed by atoms with Gasteiger partial charge in [-0.15, -0.1) is 0 Å². The molecule has 0 radical (unpaired) electrons. The number of hydrogen-bond donors (Lipinski definition) is 3. The number of carbonyl (C=O) groups excluding carboxylic acids is 1. The Hall–Kier alpha value is -2.50. The van der Waals surface area contributed by atoms with E-state index in [0.717, 1.165) is 5.75 Å². The third-order valence-electron chi connectivity index (χ3n) is 2.32. The number of benzene rings is 1. The molecule has 0 aliphatic carbocycles. The van der Waals surface area contributed by atoms with Gasteiger partial charge in [-0.2, -0.15) is 0 Å². The van der Waals surface area contributed by atoms with Gasteiger partial charge >= 0.3 is 0 Å². The Labute approximate surface area is 109 Å². The molecule has 1 aromatic carbocycles. The number of amides is 1. The summed E-state index contributed by atoms with van der Waals surface area (Å²) in [7, 11) is 0. The molecule has 0 aliphatic heterocycles. The summed E-state index contributed by atoms with van der Waals surface area (Å²) in [5, 5.41) is 7.46. The Bertz CT molecular complexity index is 611. The van der Waals surface area contributed by atoms with Crippen molar-refractivity contribution < 1.29 is 9.53 Å². The molecule has 0 saturated carbocycles. The van der Waals surface area contributed by atoms with Crippen LogP contribution in [-0.4, -0.2) is 22.2 Å². The lowest BCUT2D eigenvalue weighted by molar-refractivity contribution is 0.102. The summed E-state index contributed by atoms with van der Waals surface area (Å²) in [6, 6.07) is 8.22. The molecule has 1 aromatic heterocycles. The van der Waals surface area contributed by atoms with Gasteiger partial charge in [0.15, 0.2) is 0 Å². The van der Waals surface area contributed by atoms with E-state index in [1.165, 1.54) is 6.07 Å². The Morgan fingerprint density at radius 2 is 1.89 bits per heavy atom. The minimum Gasteiger partial charge on any atom is -0.491 e. The quantitative estimate of drug-likeness (QED) is 0.783. The van der Waals surface area contributed by atoms with E-state index in [9.17, 15) is 9.59 Å². The van der Waals surface area contributed by atoms with E-state index < -0.39 is 0 Å². The van der Waals surface area contributed by atoms with Gasteiger partial charge in [0.1, 0.15) is 11.4 Å². The first-order valence-electron chi connectivity index (χ1n) is 5.90. The Balaban J connectivity index is 2.03. The zero-order valence-corrected chi connectivity index (χ0v) is 10.7. The highest BCUT2D eigenvalue weighted by atomic mass is 16.5. The molecule has 0 unspecified atom stereocenters. The van der Waals surface area contributed by atoms with Gasteiger partial charge in [-0.25, -0.2) is 0 Å². The lowest BCUT2D eigenvalue weighted by Gasteiger charge is -2.10. The van der Waals surface area contributed by atoms with Crippen LogP contribution in [0.2, 0.25) is 0 Å². The highest BCUT2D eigenvalue weighted by Crippen LogP contribution is 2.17. The fourth-order valence-electron chi connectivity index (χ4n) is 1.54. The molecule has 0 bridgehead atoms. The smallest absolute Gasteiger partial charge is 0.273 e. The van der Waals surface area contributed by atoms with E-state index in [2.05, 4.69) is 15.5 Å². The van der Waals surface area contributed by atoms with Crippen molar-refractivity contribution in [1.82, 2.24) is 10.2 Å². The third-order valence-corrected chi connectivity index (χ3v) is 2.32. The molecular formula is C13H15N3O3. The molecule has 3 N–H and O–H groups in total. The summed E-state index contributed by atoms with van der Waals surface area (Å²) in [5.74, 6) is 0.360. The average Bonchev–Trinajstić information content (AvgIpc) is 2.78.